The van der Waals surface area contributed by atoms with Gasteiger partial charge in [-0.05, 0) is 72.4 Å². The highest BCUT2D eigenvalue weighted by molar-refractivity contribution is 6.11. The first-order valence-electron chi connectivity index (χ1n) is 11.6. The number of carbonyl (C=O) groups is 1. The van der Waals surface area contributed by atoms with E-state index in [4.69, 9.17) is 0 Å². The Balaban J connectivity index is 1.69. The zero-order chi connectivity index (χ0) is 24.2. The maximum Gasteiger partial charge on any atom is 0.209 e. The third-order valence-corrected chi connectivity index (χ3v) is 6.83. The summed E-state index contributed by atoms with van der Waals surface area (Å²) < 4.78 is 4.20. The second-order valence-corrected chi connectivity index (χ2v) is 10.2. The van der Waals surface area contributed by atoms with Gasteiger partial charge >= 0.3 is 0 Å². The van der Waals surface area contributed by atoms with E-state index in [1.165, 1.54) is 5.56 Å². The van der Waals surface area contributed by atoms with Crippen molar-refractivity contribution in [1.82, 2.24) is 19.1 Å². The van der Waals surface area contributed by atoms with Crippen molar-refractivity contribution in [2.75, 3.05) is 0 Å². The fourth-order valence-electron chi connectivity index (χ4n) is 4.54. The standard InChI is InChI=1S/C29H30N4O/c1-18-16-30-12-11-22(18)17-33-26-15-23(29(3,4)5)9-7-20(26)14-27(33)28(34)21-8-10-25-24(13-21)31-19(2)32(25)6/h7-16H,17H2,1-6H3. The van der Waals surface area contributed by atoms with Crippen LogP contribution in [-0.2, 0) is 19.0 Å². The van der Waals surface area contributed by atoms with Crippen molar-refractivity contribution in [2.45, 2.75) is 46.6 Å². The van der Waals surface area contributed by atoms with Crippen molar-refractivity contribution < 1.29 is 4.79 Å². The molecule has 0 aliphatic heterocycles. The third kappa shape index (κ3) is 3.71. The van der Waals surface area contributed by atoms with Crippen molar-refractivity contribution in [2.24, 2.45) is 7.05 Å². The van der Waals surface area contributed by atoms with Gasteiger partial charge in [-0.25, -0.2) is 4.98 Å². The van der Waals surface area contributed by atoms with Crippen LogP contribution in [0, 0.1) is 13.8 Å². The molecule has 0 radical (unpaired) electrons. The Morgan fingerprint density at radius 3 is 2.50 bits per heavy atom. The maximum absolute atomic E-state index is 13.9. The zero-order valence-corrected chi connectivity index (χ0v) is 20.7. The summed E-state index contributed by atoms with van der Waals surface area (Å²) in [5.74, 6) is 0.932. The van der Waals surface area contributed by atoms with Gasteiger partial charge in [0, 0.05) is 42.5 Å². The van der Waals surface area contributed by atoms with Crippen LogP contribution >= 0.6 is 0 Å². The lowest BCUT2D eigenvalue weighted by atomic mass is 9.87. The summed E-state index contributed by atoms with van der Waals surface area (Å²) in [7, 11) is 1.99. The molecule has 0 N–H and O–H groups in total. The lowest BCUT2D eigenvalue weighted by Crippen LogP contribution is -2.13. The molecule has 3 aromatic heterocycles. The van der Waals surface area contributed by atoms with E-state index in [9.17, 15) is 4.79 Å². The van der Waals surface area contributed by atoms with E-state index in [0.29, 0.717) is 17.8 Å². The monoisotopic (exact) mass is 450 g/mol. The van der Waals surface area contributed by atoms with Crippen molar-refractivity contribution >= 4 is 27.7 Å². The van der Waals surface area contributed by atoms with E-state index in [1.54, 1.807) is 0 Å². The second-order valence-electron chi connectivity index (χ2n) is 10.2. The first-order valence-corrected chi connectivity index (χ1v) is 11.6. The van der Waals surface area contributed by atoms with Crippen LogP contribution in [0.15, 0.2) is 60.9 Å². The molecule has 0 fully saturated rings. The minimum absolute atomic E-state index is 0.00502. The van der Waals surface area contributed by atoms with Gasteiger partial charge in [-0.1, -0.05) is 32.9 Å². The molecule has 0 unspecified atom stereocenters. The summed E-state index contributed by atoms with van der Waals surface area (Å²) >= 11 is 0. The molecule has 0 bridgehead atoms. The molecule has 34 heavy (non-hydrogen) atoms. The van der Waals surface area contributed by atoms with Crippen molar-refractivity contribution in [3.05, 3.63) is 94.7 Å². The van der Waals surface area contributed by atoms with Crippen LogP contribution in [0.3, 0.4) is 0 Å². The molecule has 0 amide bonds. The predicted molar refractivity (Wildman–Crippen MR) is 138 cm³/mol. The summed E-state index contributed by atoms with van der Waals surface area (Å²) in [6.45, 7) is 11.3. The number of nitrogens with zero attached hydrogens (tertiary/aromatic N) is 4. The lowest BCUT2D eigenvalue weighted by molar-refractivity contribution is 0.103. The molecule has 0 aliphatic carbocycles. The van der Waals surface area contributed by atoms with Gasteiger partial charge in [-0.15, -0.1) is 0 Å². The fourth-order valence-corrected chi connectivity index (χ4v) is 4.54. The summed E-state index contributed by atoms with van der Waals surface area (Å²) in [4.78, 5) is 22.7. The van der Waals surface area contributed by atoms with Crippen molar-refractivity contribution in [3.63, 3.8) is 0 Å². The zero-order valence-electron chi connectivity index (χ0n) is 20.7. The summed E-state index contributed by atoms with van der Waals surface area (Å²) in [6, 6.07) is 16.4. The molecule has 0 aliphatic rings. The second kappa shape index (κ2) is 7.94. The van der Waals surface area contributed by atoms with Gasteiger partial charge in [0.15, 0.2) is 0 Å². The molecule has 5 nitrogen and oxygen atoms in total. The Hall–Kier alpha value is -3.73. The molecule has 2 aromatic carbocycles. The van der Waals surface area contributed by atoms with Crippen molar-refractivity contribution in [3.8, 4) is 0 Å². The fraction of sp³-hybridized carbons (Fsp3) is 0.276. The molecule has 0 spiro atoms. The van der Waals surface area contributed by atoms with Crippen LogP contribution < -0.4 is 0 Å². The topological polar surface area (TPSA) is 52.7 Å². The number of fused-ring (bicyclic) bond motifs is 2. The summed E-state index contributed by atoms with van der Waals surface area (Å²) in [5, 5.41) is 1.07. The molecule has 3 heterocycles. The summed E-state index contributed by atoms with van der Waals surface area (Å²) in [5.41, 5.74) is 7.80. The molecule has 5 rings (SSSR count). The number of hydrogen-bond acceptors (Lipinski definition) is 3. The number of rotatable bonds is 4. The summed E-state index contributed by atoms with van der Waals surface area (Å²) in [6.07, 6.45) is 3.69. The van der Waals surface area contributed by atoms with E-state index in [1.807, 2.05) is 61.3 Å². The quantitative estimate of drug-likeness (QED) is 0.310. The van der Waals surface area contributed by atoms with Gasteiger partial charge in [0.05, 0.1) is 16.7 Å². The molecule has 0 atom stereocenters. The average molecular weight is 451 g/mol. The van der Waals surface area contributed by atoms with Crippen LogP contribution in [0.1, 0.15) is 59.3 Å². The minimum Gasteiger partial charge on any atom is -0.333 e. The van der Waals surface area contributed by atoms with Gasteiger partial charge in [0.2, 0.25) is 5.78 Å². The van der Waals surface area contributed by atoms with Crippen molar-refractivity contribution in [1.29, 1.82) is 0 Å². The molecule has 5 heteroatoms. The minimum atomic E-state index is 0.00502. The van der Waals surface area contributed by atoms with Crippen LogP contribution in [0.4, 0.5) is 0 Å². The SMILES string of the molecule is Cc1cnccc1Cn1c(C(=O)c2ccc3c(c2)nc(C)n3C)cc2ccc(C(C)(C)C)cc21. The van der Waals surface area contributed by atoms with Crippen LogP contribution in [-0.4, -0.2) is 24.9 Å². The van der Waals surface area contributed by atoms with Gasteiger partial charge in [0.25, 0.3) is 0 Å². The molecular weight excluding hydrogens is 420 g/mol. The third-order valence-electron chi connectivity index (χ3n) is 6.83. The van der Waals surface area contributed by atoms with Crippen LogP contribution in [0.5, 0.6) is 0 Å². The highest BCUT2D eigenvalue weighted by atomic mass is 16.1. The Morgan fingerprint density at radius 1 is 0.971 bits per heavy atom. The predicted octanol–water partition coefficient (Wildman–Crippen LogP) is 6.12. The molecular formula is C29H30N4O. The number of hydrogen-bond donors (Lipinski definition) is 0. The van der Waals surface area contributed by atoms with E-state index in [2.05, 4.69) is 60.4 Å². The number of carbonyl (C=O) groups excluding carboxylic acids is 1. The Labute approximate surface area is 200 Å². The number of benzene rings is 2. The number of imidazole rings is 1. The van der Waals surface area contributed by atoms with E-state index in [0.717, 1.165) is 38.9 Å². The van der Waals surface area contributed by atoms with Crippen LogP contribution in [0.2, 0.25) is 0 Å². The largest absolute Gasteiger partial charge is 0.333 e. The lowest BCUT2D eigenvalue weighted by Gasteiger charge is -2.20. The van der Waals surface area contributed by atoms with E-state index >= 15 is 0 Å². The number of pyridine rings is 1. The number of aryl methyl sites for hydroxylation is 3. The maximum atomic E-state index is 13.9. The first kappa shape index (κ1) is 22.1. The first-order chi connectivity index (χ1) is 16.1. The molecule has 0 saturated carbocycles. The van der Waals surface area contributed by atoms with E-state index < -0.39 is 0 Å². The Morgan fingerprint density at radius 2 is 1.76 bits per heavy atom. The highest BCUT2D eigenvalue weighted by Crippen LogP contribution is 2.30. The highest BCUT2D eigenvalue weighted by Gasteiger charge is 2.21. The molecule has 5 aromatic rings. The van der Waals surface area contributed by atoms with Gasteiger partial charge in [-0.3, -0.25) is 9.78 Å². The average Bonchev–Trinajstić information content (AvgIpc) is 3.30. The molecule has 172 valence electrons. The Bertz CT molecular complexity index is 1560. The Kier molecular flexibility index (Phi) is 5.16. The molecule has 0 saturated heterocycles. The normalized spacial score (nSPS) is 12.1. The smallest absolute Gasteiger partial charge is 0.209 e. The van der Waals surface area contributed by atoms with Gasteiger partial charge in [0.1, 0.15) is 5.82 Å². The number of aromatic nitrogens is 4. The number of ketones is 1. The van der Waals surface area contributed by atoms with Gasteiger partial charge < -0.3 is 9.13 Å². The van der Waals surface area contributed by atoms with E-state index in [-0.39, 0.29) is 11.2 Å². The van der Waals surface area contributed by atoms with Crippen LogP contribution in [0.25, 0.3) is 21.9 Å². The van der Waals surface area contributed by atoms with Gasteiger partial charge in [-0.2, -0.15) is 0 Å².